The van der Waals surface area contributed by atoms with Gasteiger partial charge in [0.25, 0.3) is 5.91 Å². The van der Waals surface area contributed by atoms with Crippen LogP contribution in [-0.2, 0) is 9.84 Å². The van der Waals surface area contributed by atoms with Gasteiger partial charge in [-0.15, -0.1) is 0 Å². The Morgan fingerprint density at radius 1 is 1.17 bits per heavy atom. The number of rotatable bonds is 4. The molecule has 0 spiro atoms. The summed E-state index contributed by atoms with van der Waals surface area (Å²) in [5, 5.41) is 2.38. The first-order valence-electron chi connectivity index (χ1n) is 6.68. The number of carbonyl (C=O) groups is 1. The highest BCUT2D eigenvalue weighted by Crippen LogP contribution is 2.22. The van der Waals surface area contributed by atoms with E-state index >= 15 is 0 Å². The number of ether oxygens (including phenoxy) is 1. The van der Waals surface area contributed by atoms with Crippen molar-refractivity contribution in [2.75, 3.05) is 18.7 Å². The molecule has 23 heavy (non-hydrogen) atoms. The molecule has 0 saturated heterocycles. The van der Waals surface area contributed by atoms with Crippen molar-refractivity contribution in [2.45, 2.75) is 11.8 Å². The van der Waals surface area contributed by atoms with Gasteiger partial charge >= 0.3 is 0 Å². The van der Waals surface area contributed by atoms with Gasteiger partial charge in [-0.05, 0) is 42.8 Å². The number of hydrogen-bond donors (Lipinski definition) is 1. The molecule has 0 unspecified atom stereocenters. The Kier molecular flexibility index (Phi) is 4.70. The summed E-state index contributed by atoms with van der Waals surface area (Å²) in [6.45, 7) is 1.83. The smallest absolute Gasteiger partial charge is 0.255 e. The third-order valence-electron chi connectivity index (χ3n) is 3.28. The minimum Gasteiger partial charge on any atom is -0.496 e. The number of benzene rings is 2. The van der Waals surface area contributed by atoms with E-state index in [2.05, 4.69) is 5.32 Å². The fourth-order valence-corrected chi connectivity index (χ4v) is 2.63. The molecule has 0 fully saturated rings. The molecule has 0 saturated carbocycles. The minimum atomic E-state index is -3.50. The van der Waals surface area contributed by atoms with Gasteiger partial charge in [-0.3, -0.25) is 4.79 Å². The Balaban J connectivity index is 2.33. The lowest BCUT2D eigenvalue weighted by atomic mass is 10.1. The topological polar surface area (TPSA) is 72.5 Å². The number of halogens is 1. The number of aryl methyl sites for hydroxylation is 1. The fourth-order valence-electron chi connectivity index (χ4n) is 1.99. The molecule has 7 heteroatoms. The van der Waals surface area contributed by atoms with Gasteiger partial charge in [-0.1, -0.05) is 6.07 Å². The van der Waals surface area contributed by atoms with Crippen LogP contribution in [0.2, 0.25) is 0 Å². The van der Waals surface area contributed by atoms with E-state index in [1.807, 2.05) is 6.92 Å². The molecular formula is C16H16FNO4S. The van der Waals surface area contributed by atoms with E-state index in [0.29, 0.717) is 5.75 Å². The fraction of sp³-hybridized carbons (Fsp3) is 0.188. The number of methoxy groups -OCH3 is 1. The zero-order chi connectivity index (χ0) is 17.2. The number of carbonyl (C=O) groups excluding carboxylic acids is 1. The normalized spacial score (nSPS) is 11.1. The standard InChI is InChI=1S/C16H16FNO4S/c1-10-4-5-11(8-15(10)22-2)16(19)18-14-9-12(23(3,20)21)6-7-13(14)17/h4-9H,1-3H3,(H,18,19). The number of anilines is 1. The molecule has 0 heterocycles. The van der Waals surface area contributed by atoms with Gasteiger partial charge in [0, 0.05) is 11.8 Å². The molecule has 0 aromatic heterocycles. The molecule has 0 bridgehead atoms. The van der Waals surface area contributed by atoms with Crippen LogP contribution in [0.15, 0.2) is 41.3 Å². The van der Waals surface area contributed by atoms with Crippen LogP contribution in [0, 0.1) is 12.7 Å². The maximum atomic E-state index is 13.8. The van der Waals surface area contributed by atoms with Gasteiger partial charge in [-0.25, -0.2) is 12.8 Å². The summed E-state index contributed by atoms with van der Waals surface area (Å²) in [5.74, 6) is -0.749. The molecule has 2 aromatic rings. The highest BCUT2D eigenvalue weighted by Gasteiger charge is 2.15. The Morgan fingerprint density at radius 2 is 1.87 bits per heavy atom. The summed E-state index contributed by atoms with van der Waals surface area (Å²) in [4.78, 5) is 12.2. The number of sulfone groups is 1. The van der Waals surface area contributed by atoms with Crippen LogP contribution in [-0.4, -0.2) is 27.7 Å². The second-order valence-electron chi connectivity index (χ2n) is 5.05. The van der Waals surface area contributed by atoms with Crippen molar-refractivity contribution in [3.63, 3.8) is 0 Å². The lowest BCUT2D eigenvalue weighted by molar-refractivity contribution is 0.102. The first-order chi connectivity index (χ1) is 10.7. The zero-order valence-corrected chi connectivity index (χ0v) is 13.7. The van der Waals surface area contributed by atoms with E-state index in [9.17, 15) is 17.6 Å². The predicted octanol–water partition coefficient (Wildman–Crippen LogP) is 2.80. The van der Waals surface area contributed by atoms with E-state index in [0.717, 1.165) is 30.0 Å². The molecule has 0 atom stereocenters. The van der Waals surface area contributed by atoms with E-state index in [1.165, 1.54) is 13.2 Å². The molecule has 0 aliphatic carbocycles. The second-order valence-corrected chi connectivity index (χ2v) is 7.07. The maximum Gasteiger partial charge on any atom is 0.255 e. The molecule has 0 aliphatic heterocycles. The monoisotopic (exact) mass is 337 g/mol. The zero-order valence-electron chi connectivity index (χ0n) is 12.9. The van der Waals surface area contributed by atoms with Gasteiger partial charge < -0.3 is 10.1 Å². The summed E-state index contributed by atoms with van der Waals surface area (Å²) in [6, 6.07) is 8.05. The number of hydrogen-bond acceptors (Lipinski definition) is 4. The molecule has 2 rings (SSSR count). The molecule has 0 aliphatic rings. The summed E-state index contributed by atoms with van der Waals surface area (Å²) in [5.41, 5.74) is 0.934. The third kappa shape index (κ3) is 3.87. The van der Waals surface area contributed by atoms with Crippen molar-refractivity contribution >= 4 is 21.4 Å². The maximum absolute atomic E-state index is 13.8. The van der Waals surface area contributed by atoms with Gasteiger partial charge in [0.05, 0.1) is 17.7 Å². The average molecular weight is 337 g/mol. The van der Waals surface area contributed by atoms with E-state index in [1.54, 1.807) is 12.1 Å². The third-order valence-corrected chi connectivity index (χ3v) is 4.39. The molecule has 0 radical (unpaired) electrons. The van der Waals surface area contributed by atoms with Crippen molar-refractivity contribution in [2.24, 2.45) is 0 Å². The van der Waals surface area contributed by atoms with E-state index in [4.69, 9.17) is 4.74 Å². The van der Waals surface area contributed by atoms with Crippen molar-refractivity contribution in [1.29, 1.82) is 0 Å². The van der Waals surface area contributed by atoms with Crippen LogP contribution in [0.1, 0.15) is 15.9 Å². The highest BCUT2D eigenvalue weighted by molar-refractivity contribution is 7.90. The Morgan fingerprint density at radius 3 is 2.48 bits per heavy atom. The van der Waals surface area contributed by atoms with Crippen LogP contribution in [0.25, 0.3) is 0 Å². The quantitative estimate of drug-likeness (QED) is 0.871. The van der Waals surface area contributed by atoms with Crippen molar-refractivity contribution < 1.29 is 22.3 Å². The lowest BCUT2D eigenvalue weighted by Crippen LogP contribution is -2.14. The molecule has 122 valence electrons. The Labute approximate surface area is 134 Å². The second kappa shape index (κ2) is 6.37. The summed E-state index contributed by atoms with van der Waals surface area (Å²) in [6.07, 6.45) is 1.01. The van der Waals surface area contributed by atoms with Gasteiger partial charge in [0.15, 0.2) is 9.84 Å². The summed E-state index contributed by atoms with van der Waals surface area (Å²) < 4.78 is 42.0. The largest absolute Gasteiger partial charge is 0.496 e. The lowest BCUT2D eigenvalue weighted by Gasteiger charge is -2.10. The first kappa shape index (κ1) is 17.0. The van der Waals surface area contributed by atoms with Gasteiger partial charge in [0.2, 0.25) is 0 Å². The SMILES string of the molecule is COc1cc(C(=O)Nc2cc(S(C)(=O)=O)ccc2F)ccc1C. The van der Waals surface area contributed by atoms with Crippen molar-refractivity contribution in [3.8, 4) is 5.75 Å². The molecule has 5 nitrogen and oxygen atoms in total. The van der Waals surface area contributed by atoms with Gasteiger partial charge in [0.1, 0.15) is 11.6 Å². The van der Waals surface area contributed by atoms with Crippen molar-refractivity contribution in [3.05, 3.63) is 53.3 Å². The molecule has 1 N–H and O–H groups in total. The number of amides is 1. The van der Waals surface area contributed by atoms with Crippen LogP contribution in [0.4, 0.5) is 10.1 Å². The predicted molar refractivity (Wildman–Crippen MR) is 85.2 cm³/mol. The molecular weight excluding hydrogens is 321 g/mol. The Hall–Kier alpha value is -2.41. The first-order valence-corrected chi connectivity index (χ1v) is 8.57. The van der Waals surface area contributed by atoms with E-state index < -0.39 is 21.6 Å². The van der Waals surface area contributed by atoms with Crippen LogP contribution >= 0.6 is 0 Å². The molecule has 1 amide bonds. The highest BCUT2D eigenvalue weighted by atomic mass is 32.2. The number of nitrogens with one attached hydrogen (secondary N) is 1. The Bertz CT molecular complexity index is 862. The summed E-state index contributed by atoms with van der Waals surface area (Å²) >= 11 is 0. The van der Waals surface area contributed by atoms with Gasteiger partial charge in [-0.2, -0.15) is 0 Å². The van der Waals surface area contributed by atoms with Crippen LogP contribution < -0.4 is 10.1 Å². The summed E-state index contributed by atoms with van der Waals surface area (Å²) in [7, 11) is -2.01. The average Bonchev–Trinajstić information content (AvgIpc) is 2.48. The van der Waals surface area contributed by atoms with Crippen LogP contribution in [0.5, 0.6) is 5.75 Å². The van der Waals surface area contributed by atoms with Crippen LogP contribution in [0.3, 0.4) is 0 Å². The van der Waals surface area contributed by atoms with Crippen molar-refractivity contribution in [1.82, 2.24) is 0 Å². The minimum absolute atomic E-state index is 0.0734. The van der Waals surface area contributed by atoms with E-state index in [-0.39, 0.29) is 16.1 Å². The molecule has 2 aromatic carbocycles.